The quantitative estimate of drug-likeness (QED) is 0.848. The van der Waals surface area contributed by atoms with Gasteiger partial charge in [0.15, 0.2) is 0 Å². The second-order valence-electron chi connectivity index (χ2n) is 6.62. The Morgan fingerprint density at radius 3 is 2.37 bits per heavy atom. The molecule has 2 aromatic rings. The highest BCUT2D eigenvalue weighted by atomic mass is 32.2. The van der Waals surface area contributed by atoms with Gasteiger partial charge >= 0.3 is 0 Å². The summed E-state index contributed by atoms with van der Waals surface area (Å²) in [7, 11) is -1.41. The summed E-state index contributed by atoms with van der Waals surface area (Å²) >= 11 is 0. The summed E-state index contributed by atoms with van der Waals surface area (Å²) in [6, 6.07) is 12.0. The Morgan fingerprint density at radius 2 is 1.74 bits per heavy atom. The third kappa shape index (κ3) is 5.12. The summed E-state index contributed by atoms with van der Waals surface area (Å²) in [5, 5.41) is 2.61. The Bertz CT molecular complexity index is 908. The normalized spacial score (nSPS) is 16.2. The highest BCUT2D eigenvalue weighted by Gasteiger charge is 2.25. The van der Waals surface area contributed by atoms with Crippen molar-refractivity contribution in [3.8, 4) is 0 Å². The number of piperazine rings is 1. The van der Waals surface area contributed by atoms with Gasteiger partial charge in [0.25, 0.3) is 5.91 Å². The third-order valence-corrected chi connectivity index (χ3v) is 6.35. The molecule has 0 bridgehead atoms. The van der Waals surface area contributed by atoms with Crippen molar-refractivity contribution in [1.82, 2.24) is 9.21 Å². The number of hydrogen-bond donors (Lipinski definition) is 1. The van der Waals surface area contributed by atoms with Crippen molar-refractivity contribution >= 4 is 21.6 Å². The molecule has 8 heteroatoms. The lowest BCUT2D eigenvalue weighted by atomic mass is 10.1. The van der Waals surface area contributed by atoms with E-state index in [1.54, 1.807) is 30.3 Å². The van der Waals surface area contributed by atoms with Gasteiger partial charge in [-0.15, -0.1) is 0 Å². The summed E-state index contributed by atoms with van der Waals surface area (Å²) in [5.74, 6) is -0.908. The largest absolute Gasteiger partial charge is 0.322 e. The van der Waals surface area contributed by atoms with Crippen molar-refractivity contribution in [1.29, 1.82) is 0 Å². The number of nitrogens with zero attached hydrogens (tertiary/aromatic N) is 2. The Balaban J connectivity index is 1.63. The predicted molar refractivity (Wildman–Crippen MR) is 102 cm³/mol. The Hall–Kier alpha value is -2.29. The van der Waals surface area contributed by atoms with E-state index in [1.807, 2.05) is 7.05 Å². The van der Waals surface area contributed by atoms with Crippen LogP contribution in [-0.2, 0) is 15.8 Å². The molecule has 2 aromatic carbocycles. The van der Waals surface area contributed by atoms with E-state index < -0.39 is 15.8 Å². The monoisotopic (exact) mass is 391 g/mol. The lowest BCUT2D eigenvalue weighted by Gasteiger charge is -2.31. The minimum Gasteiger partial charge on any atom is -0.322 e. The molecule has 1 aliphatic rings. The molecule has 1 amide bonds. The number of benzene rings is 2. The van der Waals surface area contributed by atoms with Crippen LogP contribution in [0, 0.1) is 5.82 Å². The fourth-order valence-corrected chi connectivity index (χ4v) is 4.41. The lowest BCUT2D eigenvalue weighted by Crippen LogP contribution is -2.47. The number of hydrogen-bond acceptors (Lipinski definition) is 4. The van der Waals surface area contributed by atoms with Crippen molar-refractivity contribution < 1.29 is 17.6 Å². The fraction of sp³-hybridized carbons (Fsp3) is 0.316. The van der Waals surface area contributed by atoms with Crippen molar-refractivity contribution in [3.05, 3.63) is 65.5 Å². The van der Waals surface area contributed by atoms with Crippen LogP contribution in [0.5, 0.6) is 0 Å². The maximum atomic E-state index is 13.2. The molecule has 0 spiro atoms. The van der Waals surface area contributed by atoms with Gasteiger partial charge in [0, 0.05) is 37.4 Å². The SMILES string of the molecule is CN1CCN(S(=O)(=O)Cc2ccc(C(=O)Nc3cccc(F)c3)cc2)CC1. The van der Waals surface area contributed by atoms with Crippen LogP contribution in [-0.4, -0.2) is 56.8 Å². The number of anilines is 1. The Morgan fingerprint density at radius 1 is 1.07 bits per heavy atom. The first-order chi connectivity index (χ1) is 12.8. The molecule has 27 heavy (non-hydrogen) atoms. The van der Waals surface area contributed by atoms with Crippen molar-refractivity contribution in [3.63, 3.8) is 0 Å². The molecule has 1 N–H and O–H groups in total. The van der Waals surface area contributed by atoms with E-state index in [0.29, 0.717) is 29.9 Å². The summed E-state index contributed by atoms with van der Waals surface area (Å²) in [4.78, 5) is 14.3. The van der Waals surface area contributed by atoms with Crippen molar-refractivity contribution in [2.45, 2.75) is 5.75 Å². The zero-order valence-electron chi connectivity index (χ0n) is 15.1. The van der Waals surface area contributed by atoms with Crippen LogP contribution in [0.4, 0.5) is 10.1 Å². The molecule has 1 fully saturated rings. The predicted octanol–water partition coefficient (Wildman–Crippen LogP) is 2.16. The molecular formula is C19H22FN3O3S. The van der Waals surface area contributed by atoms with Gasteiger partial charge in [0.2, 0.25) is 10.0 Å². The molecule has 0 radical (unpaired) electrons. The van der Waals surface area contributed by atoms with Crippen LogP contribution >= 0.6 is 0 Å². The molecule has 6 nitrogen and oxygen atoms in total. The molecule has 0 saturated carbocycles. The Kier molecular flexibility index (Phi) is 5.88. The Labute approximate surface area is 158 Å². The zero-order valence-corrected chi connectivity index (χ0v) is 15.9. The second kappa shape index (κ2) is 8.16. The van der Waals surface area contributed by atoms with Gasteiger partial charge in [0.05, 0.1) is 5.75 Å². The molecule has 0 unspecified atom stereocenters. The van der Waals surface area contributed by atoms with Crippen molar-refractivity contribution in [2.24, 2.45) is 0 Å². The van der Waals surface area contributed by atoms with Gasteiger partial charge in [0.1, 0.15) is 5.82 Å². The van der Waals surface area contributed by atoms with E-state index in [4.69, 9.17) is 0 Å². The number of amides is 1. The lowest BCUT2D eigenvalue weighted by molar-refractivity contribution is 0.102. The van der Waals surface area contributed by atoms with E-state index in [-0.39, 0.29) is 11.7 Å². The van der Waals surface area contributed by atoms with Gasteiger partial charge < -0.3 is 10.2 Å². The number of carbonyl (C=O) groups excluding carboxylic acids is 1. The van der Waals surface area contributed by atoms with E-state index in [9.17, 15) is 17.6 Å². The van der Waals surface area contributed by atoms with Crippen molar-refractivity contribution in [2.75, 3.05) is 38.5 Å². The molecule has 1 saturated heterocycles. The third-order valence-electron chi connectivity index (χ3n) is 4.50. The fourth-order valence-electron chi connectivity index (χ4n) is 2.89. The highest BCUT2D eigenvalue weighted by Crippen LogP contribution is 2.15. The minimum atomic E-state index is -3.38. The van der Waals surface area contributed by atoms with Gasteiger partial charge in [-0.1, -0.05) is 18.2 Å². The van der Waals surface area contributed by atoms with E-state index >= 15 is 0 Å². The second-order valence-corrected chi connectivity index (χ2v) is 8.59. The summed E-state index contributed by atoms with van der Waals surface area (Å²) in [6.07, 6.45) is 0. The van der Waals surface area contributed by atoms with Crippen LogP contribution in [0.3, 0.4) is 0 Å². The first-order valence-electron chi connectivity index (χ1n) is 8.66. The smallest absolute Gasteiger partial charge is 0.255 e. The maximum absolute atomic E-state index is 13.2. The molecule has 1 aliphatic heterocycles. The van der Waals surface area contributed by atoms with Gasteiger partial charge in [-0.05, 0) is 42.9 Å². The highest BCUT2D eigenvalue weighted by molar-refractivity contribution is 7.88. The van der Waals surface area contributed by atoms with E-state index in [1.165, 1.54) is 22.5 Å². The maximum Gasteiger partial charge on any atom is 0.255 e. The number of sulfonamides is 1. The van der Waals surface area contributed by atoms with Gasteiger partial charge in [-0.2, -0.15) is 4.31 Å². The minimum absolute atomic E-state index is 0.0947. The summed E-state index contributed by atoms with van der Waals surface area (Å²) in [6.45, 7) is 2.43. The number of carbonyl (C=O) groups is 1. The topological polar surface area (TPSA) is 69.7 Å². The molecule has 0 aliphatic carbocycles. The zero-order chi connectivity index (χ0) is 19.4. The van der Waals surface area contributed by atoms with Crippen LogP contribution in [0.15, 0.2) is 48.5 Å². The number of likely N-dealkylation sites (N-methyl/N-ethyl adjacent to an activating group) is 1. The number of rotatable bonds is 5. The first kappa shape index (κ1) is 19.5. The molecule has 0 aromatic heterocycles. The van der Waals surface area contributed by atoms with E-state index in [0.717, 1.165) is 13.1 Å². The molecule has 0 atom stereocenters. The van der Waals surface area contributed by atoms with Crippen LogP contribution in [0.2, 0.25) is 0 Å². The number of halogens is 1. The van der Waals surface area contributed by atoms with Gasteiger partial charge in [-0.3, -0.25) is 4.79 Å². The molecule has 144 valence electrons. The van der Waals surface area contributed by atoms with Crippen LogP contribution in [0.25, 0.3) is 0 Å². The first-order valence-corrected chi connectivity index (χ1v) is 10.3. The summed E-state index contributed by atoms with van der Waals surface area (Å²) in [5.41, 5.74) is 1.36. The average molecular weight is 391 g/mol. The van der Waals surface area contributed by atoms with Crippen LogP contribution in [0.1, 0.15) is 15.9 Å². The average Bonchev–Trinajstić information content (AvgIpc) is 2.62. The molecular weight excluding hydrogens is 369 g/mol. The van der Waals surface area contributed by atoms with E-state index in [2.05, 4.69) is 10.2 Å². The number of nitrogens with one attached hydrogen (secondary N) is 1. The summed E-state index contributed by atoms with van der Waals surface area (Å²) < 4.78 is 39.8. The molecule has 1 heterocycles. The van der Waals surface area contributed by atoms with Gasteiger partial charge in [-0.25, -0.2) is 12.8 Å². The standard InChI is InChI=1S/C19H22FN3O3S/c1-22-9-11-23(12-10-22)27(25,26)14-15-5-7-16(8-6-15)19(24)21-18-4-2-3-17(20)13-18/h2-8,13H,9-12,14H2,1H3,(H,21,24). The van der Waals surface area contributed by atoms with Crippen LogP contribution < -0.4 is 5.32 Å². The molecule has 3 rings (SSSR count).